The van der Waals surface area contributed by atoms with Crippen LogP contribution in [0.25, 0.3) is 10.9 Å². The predicted octanol–water partition coefficient (Wildman–Crippen LogP) is 3.86. The van der Waals surface area contributed by atoms with E-state index in [0.717, 1.165) is 27.0 Å². The topological polar surface area (TPSA) is 50.3 Å². The second-order valence-electron chi connectivity index (χ2n) is 5.99. The number of amides is 1. The van der Waals surface area contributed by atoms with Crippen molar-refractivity contribution in [2.24, 2.45) is 0 Å². The van der Waals surface area contributed by atoms with Crippen LogP contribution in [-0.2, 0) is 4.79 Å². The number of ketones is 1. The SMILES string of the molecule is Cc1ccc2c(c1)C(=O)C(=O)N2CCSc1cccc2cccnc12. The first-order chi connectivity index (χ1) is 12.1. The second kappa shape index (κ2) is 6.33. The molecule has 0 atom stereocenters. The third kappa shape index (κ3) is 2.81. The minimum Gasteiger partial charge on any atom is -0.304 e. The summed E-state index contributed by atoms with van der Waals surface area (Å²) in [4.78, 5) is 31.6. The largest absolute Gasteiger partial charge is 0.304 e. The maximum Gasteiger partial charge on any atom is 0.299 e. The van der Waals surface area contributed by atoms with Gasteiger partial charge >= 0.3 is 0 Å². The fraction of sp³-hybridized carbons (Fsp3) is 0.150. The first-order valence-electron chi connectivity index (χ1n) is 8.08. The number of nitrogens with zero attached hydrogens (tertiary/aromatic N) is 2. The summed E-state index contributed by atoms with van der Waals surface area (Å²) in [7, 11) is 0. The minimum atomic E-state index is -0.433. The standard InChI is InChI=1S/C20H16N2O2S/c1-13-7-8-16-15(12-13)19(23)20(24)22(16)10-11-25-17-6-2-4-14-5-3-9-21-18(14)17/h2-9,12H,10-11H2,1H3. The van der Waals surface area contributed by atoms with Crippen LogP contribution in [0.5, 0.6) is 0 Å². The molecule has 0 saturated heterocycles. The molecule has 2 aromatic carbocycles. The molecule has 0 aliphatic carbocycles. The zero-order valence-electron chi connectivity index (χ0n) is 13.7. The zero-order chi connectivity index (χ0) is 17.4. The number of rotatable bonds is 4. The van der Waals surface area contributed by atoms with Crippen LogP contribution in [0, 0.1) is 6.92 Å². The summed E-state index contributed by atoms with van der Waals surface area (Å²) in [6.45, 7) is 2.42. The van der Waals surface area contributed by atoms with Gasteiger partial charge in [-0.1, -0.05) is 29.8 Å². The van der Waals surface area contributed by atoms with Gasteiger partial charge < -0.3 is 4.90 Å². The van der Waals surface area contributed by atoms with Gasteiger partial charge in [0.05, 0.1) is 16.8 Å². The number of anilines is 1. The van der Waals surface area contributed by atoms with Crippen LogP contribution in [0.3, 0.4) is 0 Å². The van der Waals surface area contributed by atoms with Gasteiger partial charge in [-0.15, -0.1) is 11.8 Å². The Morgan fingerprint density at radius 2 is 1.92 bits per heavy atom. The Bertz CT molecular complexity index is 995. The van der Waals surface area contributed by atoms with E-state index in [0.29, 0.717) is 17.9 Å². The second-order valence-corrected chi connectivity index (χ2v) is 7.12. The lowest BCUT2D eigenvalue weighted by molar-refractivity contribution is -0.114. The number of hydrogen-bond donors (Lipinski definition) is 0. The molecule has 1 amide bonds. The van der Waals surface area contributed by atoms with Crippen LogP contribution >= 0.6 is 11.8 Å². The number of fused-ring (bicyclic) bond motifs is 2. The number of thioether (sulfide) groups is 1. The van der Waals surface area contributed by atoms with E-state index in [4.69, 9.17) is 0 Å². The zero-order valence-corrected chi connectivity index (χ0v) is 14.5. The quantitative estimate of drug-likeness (QED) is 0.531. The Morgan fingerprint density at radius 3 is 2.80 bits per heavy atom. The van der Waals surface area contributed by atoms with Crippen molar-refractivity contribution in [3.8, 4) is 0 Å². The Balaban J connectivity index is 1.52. The number of pyridine rings is 1. The van der Waals surface area contributed by atoms with E-state index in [9.17, 15) is 9.59 Å². The molecule has 0 fully saturated rings. The van der Waals surface area contributed by atoms with Gasteiger partial charge in [0.25, 0.3) is 11.7 Å². The van der Waals surface area contributed by atoms with Crippen molar-refractivity contribution in [2.45, 2.75) is 11.8 Å². The molecule has 0 radical (unpaired) electrons. The van der Waals surface area contributed by atoms with Crippen molar-refractivity contribution in [1.29, 1.82) is 0 Å². The van der Waals surface area contributed by atoms with Crippen molar-refractivity contribution in [2.75, 3.05) is 17.2 Å². The first kappa shape index (κ1) is 15.8. The number of carbonyl (C=O) groups excluding carboxylic acids is 2. The normalized spacial score (nSPS) is 13.6. The van der Waals surface area contributed by atoms with Crippen LogP contribution in [0.15, 0.2) is 59.6 Å². The number of aryl methyl sites for hydroxylation is 1. The van der Waals surface area contributed by atoms with Gasteiger partial charge in [0.2, 0.25) is 0 Å². The van der Waals surface area contributed by atoms with Crippen LogP contribution < -0.4 is 4.90 Å². The third-order valence-corrected chi connectivity index (χ3v) is 5.32. The molecule has 0 N–H and O–H groups in total. The molecule has 25 heavy (non-hydrogen) atoms. The van der Waals surface area contributed by atoms with E-state index < -0.39 is 11.7 Å². The van der Waals surface area contributed by atoms with E-state index in [-0.39, 0.29) is 0 Å². The average molecular weight is 348 g/mol. The molecule has 1 aliphatic rings. The molecule has 0 bridgehead atoms. The monoisotopic (exact) mass is 348 g/mol. The lowest BCUT2D eigenvalue weighted by Crippen LogP contribution is -2.31. The van der Waals surface area contributed by atoms with Gasteiger partial charge in [0.15, 0.2) is 0 Å². The van der Waals surface area contributed by atoms with Crippen LogP contribution in [-0.4, -0.2) is 29.0 Å². The average Bonchev–Trinajstić information content (AvgIpc) is 2.86. The summed E-state index contributed by atoms with van der Waals surface area (Å²) in [6.07, 6.45) is 1.79. The minimum absolute atomic E-state index is 0.407. The summed E-state index contributed by atoms with van der Waals surface area (Å²) in [5, 5.41) is 1.10. The number of para-hydroxylation sites is 1. The summed E-state index contributed by atoms with van der Waals surface area (Å²) in [5.41, 5.74) is 3.19. The van der Waals surface area contributed by atoms with Crippen LogP contribution in [0.1, 0.15) is 15.9 Å². The van der Waals surface area contributed by atoms with Gasteiger partial charge in [0.1, 0.15) is 0 Å². The third-order valence-electron chi connectivity index (χ3n) is 4.30. The van der Waals surface area contributed by atoms with E-state index in [1.807, 2.05) is 49.4 Å². The lowest BCUT2D eigenvalue weighted by atomic mass is 10.1. The van der Waals surface area contributed by atoms with Crippen molar-refractivity contribution < 1.29 is 9.59 Å². The molecule has 5 heteroatoms. The van der Waals surface area contributed by atoms with Crippen molar-refractivity contribution in [3.05, 3.63) is 65.9 Å². The summed E-state index contributed by atoms with van der Waals surface area (Å²) < 4.78 is 0. The molecule has 2 heterocycles. The highest BCUT2D eigenvalue weighted by molar-refractivity contribution is 7.99. The Morgan fingerprint density at radius 1 is 1.08 bits per heavy atom. The van der Waals surface area contributed by atoms with Crippen molar-refractivity contribution >= 4 is 40.0 Å². The van der Waals surface area contributed by atoms with Gasteiger partial charge in [0, 0.05) is 28.8 Å². The van der Waals surface area contributed by atoms with Crippen LogP contribution in [0.4, 0.5) is 5.69 Å². The fourth-order valence-corrected chi connectivity index (χ4v) is 4.05. The molecule has 1 aromatic heterocycles. The van der Waals surface area contributed by atoms with Crippen molar-refractivity contribution in [1.82, 2.24) is 4.98 Å². The van der Waals surface area contributed by atoms with E-state index >= 15 is 0 Å². The molecule has 1 aliphatic heterocycles. The van der Waals surface area contributed by atoms with Gasteiger partial charge in [-0.05, 0) is 31.2 Å². The highest BCUT2D eigenvalue weighted by Gasteiger charge is 2.35. The highest BCUT2D eigenvalue weighted by atomic mass is 32.2. The Labute approximate surface area is 149 Å². The molecular weight excluding hydrogens is 332 g/mol. The molecule has 0 unspecified atom stereocenters. The highest BCUT2D eigenvalue weighted by Crippen LogP contribution is 2.31. The summed E-state index contributed by atoms with van der Waals surface area (Å²) in [5.74, 6) is -0.144. The molecule has 0 spiro atoms. The summed E-state index contributed by atoms with van der Waals surface area (Å²) >= 11 is 1.65. The lowest BCUT2D eigenvalue weighted by Gasteiger charge is -2.16. The molecular formula is C20H16N2O2S. The number of benzene rings is 2. The number of Topliss-reactive ketones (excluding diaryl/α,β-unsaturated/α-hetero) is 1. The van der Waals surface area contributed by atoms with E-state index in [1.165, 1.54) is 0 Å². The number of aromatic nitrogens is 1. The van der Waals surface area contributed by atoms with E-state index in [1.54, 1.807) is 28.9 Å². The molecule has 4 nitrogen and oxygen atoms in total. The number of hydrogen-bond acceptors (Lipinski definition) is 4. The maximum absolute atomic E-state index is 12.3. The summed E-state index contributed by atoms with van der Waals surface area (Å²) in [6, 6.07) is 15.6. The van der Waals surface area contributed by atoms with E-state index in [2.05, 4.69) is 4.98 Å². The molecule has 124 valence electrons. The number of carbonyl (C=O) groups is 2. The molecule has 4 rings (SSSR count). The molecule has 3 aromatic rings. The maximum atomic E-state index is 12.3. The van der Waals surface area contributed by atoms with Gasteiger partial charge in [-0.3, -0.25) is 14.6 Å². The van der Waals surface area contributed by atoms with Crippen LogP contribution in [0.2, 0.25) is 0 Å². The van der Waals surface area contributed by atoms with Gasteiger partial charge in [-0.2, -0.15) is 0 Å². The smallest absolute Gasteiger partial charge is 0.299 e. The van der Waals surface area contributed by atoms with Crippen molar-refractivity contribution in [3.63, 3.8) is 0 Å². The predicted molar refractivity (Wildman–Crippen MR) is 100 cm³/mol. The van der Waals surface area contributed by atoms with Gasteiger partial charge in [-0.25, -0.2) is 0 Å². The Hall–Kier alpha value is -2.66. The molecule has 0 saturated carbocycles. The Kier molecular flexibility index (Phi) is 4.01. The first-order valence-corrected chi connectivity index (χ1v) is 9.07. The fourth-order valence-electron chi connectivity index (χ4n) is 3.08.